The highest BCUT2D eigenvalue weighted by Gasteiger charge is 2.35. The largest absolute Gasteiger partial charge is 0.385 e. The Morgan fingerprint density at radius 2 is 1.96 bits per heavy atom. The minimum absolute atomic E-state index is 0.0924. The number of pyridine rings is 1. The lowest BCUT2D eigenvalue weighted by Crippen LogP contribution is -2.27. The summed E-state index contributed by atoms with van der Waals surface area (Å²) in [7, 11) is 0. The zero-order chi connectivity index (χ0) is 17.2. The number of nitrogens with zero attached hydrogens (tertiary/aromatic N) is 2. The number of thioether (sulfide) groups is 1. The first kappa shape index (κ1) is 15.0. The third-order valence-electron chi connectivity index (χ3n) is 5.28. The van der Waals surface area contributed by atoms with Gasteiger partial charge in [-0.1, -0.05) is 30.0 Å². The molecule has 0 saturated heterocycles. The molecule has 124 valence electrons. The fraction of sp³-hybridized carbons (Fsp3) is 0.190. The summed E-state index contributed by atoms with van der Waals surface area (Å²) in [6.45, 7) is 4.50. The Hall–Kier alpha value is -2.30. The van der Waals surface area contributed by atoms with Gasteiger partial charge in [-0.15, -0.1) is 0 Å². The van der Waals surface area contributed by atoms with Crippen LogP contribution in [0.4, 0.5) is 0 Å². The maximum absolute atomic E-state index is 9.26. The van der Waals surface area contributed by atoms with E-state index in [0.29, 0.717) is 0 Å². The van der Waals surface area contributed by atoms with Gasteiger partial charge in [-0.05, 0) is 49.7 Å². The average Bonchev–Trinajstić information content (AvgIpc) is 2.95. The molecule has 4 aromatic rings. The first-order valence-electron chi connectivity index (χ1n) is 8.40. The van der Waals surface area contributed by atoms with Gasteiger partial charge in [0.15, 0.2) is 0 Å². The van der Waals surface area contributed by atoms with Crippen molar-refractivity contribution in [2.75, 3.05) is 5.94 Å². The van der Waals surface area contributed by atoms with Crippen LogP contribution >= 0.6 is 11.8 Å². The fourth-order valence-corrected chi connectivity index (χ4v) is 4.67. The Labute approximate surface area is 150 Å². The topological polar surface area (TPSA) is 38.0 Å². The van der Waals surface area contributed by atoms with Gasteiger partial charge in [0, 0.05) is 27.3 Å². The Morgan fingerprint density at radius 3 is 2.80 bits per heavy atom. The highest BCUT2D eigenvalue weighted by molar-refractivity contribution is 7.99. The number of aliphatic hydroxyl groups excluding tert-OH is 1. The van der Waals surface area contributed by atoms with Crippen LogP contribution in [0.25, 0.3) is 27.5 Å². The van der Waals surface area contributed by atoms with E-state index in [2.05, 4.69) is 60.9 Å². The maximum atomic E-state index is 9.26. The Morgan fingerprint density at radius 1 is 1.08 bits per heavy atom. The summed E-state index contributed by atoms with van der Waals surface area (Å²) in [6.07, 6.45) is 1.88. The number of rotatable bonds is 2. The molecule has 1 aliphatic heterocycles. The normalized spacial score (nSPS) is 14.8. The smallest absolute Gasteiger partial charge is 0.0932 e. The monoisotopic (exact) mass is 346 g/mol. The van der Waals surface area contributed by atoms with Crippen molar-refractivity contribution in [1.82, 2.24) is 9.55 Å². The molecule has 0 fully saturated rings. The van der Waals surface area contributed by atoms with Crippen molar-refractivity contribution in [1.29, 1.82) is 0 Å². The van der Waals surface area contributed by atoms with Crippen molar-refractivity contribution in [3.05, 3.63) is 66.0 Å². The molecule has 0 atom stereocenters. The van der Waals surface area contributed by atoms with E-state index >= 15 is 0 Å². The van der Waals surface area contributed by atoms with Crippen molar-refractivity contribution < 1.29 is 5.11 Å². The minimum atomic E-state index is -0.136. The Bertz CT molecular complexity index is 1140. The second-order valence-corrected chi connectivity index (χ2v) is 8.00. The minimum Gasteiger partial charge on any atom is -0.385 e. The number of fused-ring (bicyclic) bond motifs is 5. The van der Waals surface area contributed by atoms with Crippen LogP contribution in [-0.4, -0.2) is 20.6 Å². The first-order valence-corrected chi connectivity index (χ1v) is 9.38. The van der Waals surface area contributed by atoms with E-state index in [4.69, 9.17) is 4.98 Å². The van der Waals surface area contributed by atoms with Gasteiger partial charge in [-0.25, -0.2) is 0 Å². The van der Waals surface area contributed by atoms with Gasteiger partial charge in [0.05, 0.1) is 28.4 Å². The van der Waals surface area contributed by atoms with E-state index in [9.17, 15) is 5.11 Å². The molecule has 0 spiro atoms. The summed E-state index contributed by atoms with van der Waals surface area (Å²) in [4.78, 5) is 5.82. The van der Waals surface area contributed by atoms with E-state index in [1.165, 1.54) is 39.1 Å². The molecule has 3 nitrogen and oxygen atoms in total. The molecule has 4 heteroatoms. The van der Waals surface area contributed by atoms with Gasteiger partial charge in [0.25, 0.3) is 0 Å². The molecule has 1 aliphatic rings. The summed E-state index contributed by atoms with van der Waals surface area (Å²) in [6, 6.07) is 17.2. The quantitative estimate of drug-likeness (QED) is 0.416. The predicted octanol–water partition coefficient (Wildman–Crippen LogP) is 4.86. The van der Waals surface area contributed by atoms with Crippen LogP contribution in [0, 0.1) is 0 Å². The summed E-state index contributed by atoms with van der Waals surface area (Å²) in [5, 5.41) is 11.7. The Kier molecular flexibility index (Phi) is 3.06. The maximum Gasteiger partial charge on any atom is 0.0932 e. The van der Waals surface area contributed by atoms with E-state index in [0.717, 1.165) is 16.3 Å². The SMILES string of the molecule is CC1(C)c2ncccc2-n2c3ccc(SCO)cc3c3cccc1c32. The van der Waals surface area contributed by atoms with Gasteiger partial charge < -0.3 is 9.67 Å². The first-order chi connectivity index (χ1) is 12.1. The molecule has 2 aromatic carbocycles. The molecular weight excluding hydrogens is 328 g/mol. The zero-order valence-corrected chi connectivity index (χ0v) is 15.0. The van der Waals surface area contributed by atoms with Crippen molar-refractivity contribution in [3.63, 3.8) is 0 Å². The summed E-state index contributed by atoms with van der Waals surface area (Å²) in [5.74, 6) is 0.0924. The zero-order valence-electron chi connectivity index (χ0n) is 14.2. The van der Waals surface area contributed by atoms with E-state index in [1.54, 1.807) is 0 Å². The van der Waals surface area contributed by atoms with Crippen molar-refractivity contribution >= 4 is 33.6 Å². The second kappa shape index (κ2) is 5.10. The van der Waals surface area contributed by atoms with Crippen molar-refractivity contribution in [3.8, 4) is 5.69 Å². The molecule has 0 amide bonds. The van der Waals surface area contributed by atoms with Gasteiger partial charge in [0.1, 0.15) is 0 Å². The number of para-hydroxylation sites is 1. The van der Waals surface area contributed by atoms with Crippen LogP contribution in [-0.2, 0) is 5.41 Å². The van der Waals surface area contributed by atoms with Crippen LogP contribution in [0.5, 0.6) is 0 Å². The van der Waals surface area contributed by atoms with Gasteiger partial charge in [-0.3, -0.25) is 4.98 Å². The van der Waals surface area contributed by atoms with Crippen LogP contribution in [0.1, 0.15) is 25.1 Å². The van der Waals surface area contributed by atoms with Crippen LogP contribution in [0.3, 0.4) is 0 Å². The standard InChI is InChI=1S/C21H18N2OS/c1-21(2)16-6-3-5-14-15-11-13(25-12-24)8-9-17(15)23(19(14)16)18-7-4-10-22-20(18)21/h3-11,24H,12H2,1-2H3. The molecule has 0 radical (unpaired) electrons. The van der Waals surface area contributed by atoms with Crippen LogP contribution < -0.4 is 0 Å². The van der Waals surface area contributed by atoms with Crippen LogP contribution in [0.15, 0.2) is 59.6 Å². The molecular formula is C21H18N2OS. The second-order valence-electron chi connectivity index (χ2n) is 6.99. The molecule has 0 unspecified atom stereocenters. The Balaban J connectivity index is 2.00. The molecule has 3 heterocycles. The summed E-state index contributed by atoms with van der Waals surface area (Å²) < 4.78 is 2.35. The predicted molar refractivity (Wildman–Crippen MR) is 104 cm³/mol. The third kappa shape index (κ3) is 1.89. The van der Waals surface area contributed by atoms with Crippen molar-refractivity contribution in [2.24, 2.45) is 0 Å². The van der Waals surface area contributed by atoms with Gasteiger partial charge in [-0.2, -0.15) is 0 Å². The third-order valence-corrected chi connectivity index (χ3v) is 6.00. The van der Waals surface area contributed by atoms with Gasteiger partial charge in [0.2, 0.25) is 0 Å². The lowest BCUT2D eigenvalue weighted by Gasteiger charge is -2.33. The summed E-state index contributed by atoms with van der Waals surface area (Å²) >= 11 is 1.45. The number of aromatic nitrogens is 2. The molecule has 0 aliphatic carbocycles. The van der Waals surface area contributed by atoms with Gasteiger partial charge >= 0.3 is 0 Å². The number of aliphatic hydroxyl groups is 1. The number of hydrogen-bond acceptors (Lipinski definition) is 3. The molecule has 0 saturated carbocycles. The van der Waals surface area contributed by atoms with Crippen molar-refractivity contribution in [2.45, 2.75) is 24.2 Å². The van der Waals surface area contributed by atoms with E-state index in [1.807, 2.05) is 12.3 Å². The molecule has 2 aromatic heterocycles. The summed E-state index contributed by atoms with van der Waals surface area (Å²) in [5.41, 5.74) is 5.91. The highest BCUT2D eigenvalue weighted by Crippen LogP contribution is 2.46. The fourth-order valence-electron chi connectivity index (χ4n) is 4.15. The average molecular weight is 346 g/mol. The van der Waals surface area contributed by atoms with E-state index in [-0.39, 0.29) is 11.4 Å². The lowest BCUT2D eigenvalue weighted by atomic mass is 9.77. The molecule has 1 N–H and O–H groups in total. The van der Waals surface area contributed by atoms with Crippen LogP contribution in [0.2, 0.25) is 0 Å². The van der Waals surface area contributed by atoms with E-state index < -0.39 is 0 Å². The number of benzene rings is 2. The molecule has 0 bridgehead atoms. The highest BCUT2D eigenvalue weighted by atomic mass is 32.2. The number of hydrogen-bond donors (Lipinski definition) is 1. The lowest BCUT2D eigenvalue weighted by molar-refractivity contribution is 0.375. The molecule has 25 heavy (non-hydrogen) atoms. The molecule has 5 rings (SSSR count).